The van der Waals surface area contributed by atoms with E-state index in [1.807, 2.05) is 39.0 Å². The number of benzene rings is 1. The van der Waals surface area contributed by atoms with Crippen molar-refractivity contribution in [2.75, 3.05) is 25.0 Å². The molecule has 130 valence electrons. The van der Waals surface area contributed by atoms with Gasteiger partial charge in [-0.05, 0) is 43.8 Å². The first-order valence-electron chi connectivity index (χ1n) is 7.64. The Morgan fingerprint density at radius 1 is 1.21 bits per heavy atom. The molecule has 1 aromatic carbocycles. The summed E-state index contributed by atoms with van der Waals surface area (Å²) in [4.78, 5) is 14.3. The molecule has 24 heavy (non-hydrogen) atoms. The van der Waals surface area contributed by atoms with Crippen LogP contribution in [0.4, 0.5) is 5.69 Å². The van der Waals surface area contributed by atoms with Gasteiger partial charge in [-0.2, -0.15) is 4.31 Å². The van der Waals surface area contributed by atoms with Crippen LogP contribution >= 0.6 is 11.3 Å². The lowest BCUT2D eigenvalue weighted by Gasteiger charge is -2.25. The first-order chi connectivity index (χ1) is 11.3. The maximum Gasteiger partial charge on any atom is 0.252 e. The van der Waals surface area contributed by atoms with Crippen molar-refractivity contribution in [2.45, 2.75) is 25.0 Å². The molecule has 0 saturated carbocycles. The monoisotopic (exact) mass is 366 g/mol. The van der Waals surface area contributed by atoms with E-state index in [9.17, 15) is 13.2 Å². The molecule has 0 atom stereocenters. The van der Waals surface area contributed by atoms with E-state index in [4.69, 9.17) is 0 Å². The molecular weight excluding hydrogens is 344 g/mol. The second kappa shape index (κ2) is 7.46. The molecule has 2 rings (SSSR count). The predicted molar refractivity (Wildman–Crippen MR) is 98.1 cm³/mol. The first kappa shape index (κ1) is 18.6. The zero-order chi connectivity index (χ0) is 17.9. The second-order valence-corrected chi connectivity index (χ2v) is 8.84. The summed E-state index contributed by atoms with van der Waals surface area (Å²) in [5.74, 6) is -0.243. The minimum atomic E-state index is -3.63. The third-order valence-electron chi connectivity index (χ3n) is 3.78. The first-order valence-corrected chi connectivity index (χ1v) is 9.96. The number of amides is 1. The highest BCUT2D eigenvalue weighted by molar-refractivity contribution is 7.91. The van der Waals surface area contributed by atoms with Gasteiger partial charge in [0.05, 0.1) is 6.54 Å². The lowest BCUT2D eigenvalue weighted by atomic mass is 10.1. The van der Waals surface area contributed by atoms with Gasteiger partial charge in [-0.3, -0.25) is 4.79 Å². The zero-order valence-corrected chi connectivity index (χ0v) is 15.9. The fourth-order valence-electron chi connectivity index (χ4n) is 2.51. The van der Waals surface area contributed by atoms with Gasteiger partial charge in [0.15, 0.2) is 0 Å². The topological polar surface area (TPSA) is 57.7 Å². The summed E-state index contributed by atoms with van der Waals surface area (Å²) in [5.41, 5.74) is 2.93. The molecule has 0 N–H and O–H groups in total. The minimum absolute atomic E-state index is 0.193. The minimum Gasteiger partial charge on any atom is -0.311 e. The van der Waals surface area contributed by atoms with E-state index >= 15 is 0 Å². The van der Waals surface area contributed by atoms with Crippen molar-refractivity contribution in [1.82, 2.24) is 4.31 Å². The molecule has 0 saturated heterocycles. The molecule has 0 unspecified atom stereocenters. The summed E-state index contributed by atoms with van der Waals surface area (Å²) in [7, 11) is -2.19. The highest BCUT2D eigenvalue weighted by atomic mass is 32.2. The van der Waals surface area contributed by atoms with E-state index in [1.54, 1.807) is 22.4 Å². The van der Waals surface area contributed by atoms with Crippen molar-refractivity contribution in [1.29, 1.82) is 0 Å². The third kappa shape index (κ3) is 3.85. The van der Waals surface area contributed by atoms with E-state index in [-0.39, 0.29) is 16.7 Å². The summed E-state index contributed by atoms with van der Waals surface area (Å²) in [6, 6.07) is 9.09. The van der Waals surface area contributed by atoms with Crippen molar-refractivity contribution < 1.29 is 13.2 Å². The maximum atomic E-state index is 12.7. The molecule has 1 amide bonds. The van der Waals surface area contributed by atoms with Gasteiger partial charge >= 0.3 is 0 Å². The Hall–Kier alpha value is -1.70. The van der Waals surface area contributed by atoms with E-state index in [0.717, 1.165) is 32.5 Å². The van der Waals surface area contributed by atoms with Gasteiger partial charge in [-0.1, -0.05) is 23.8 Å². The van der Waals surface area contributed by atoms with E-state index in [2.05, 4.69) is 0 Å². The largest absolute Gasteiger partial charge is 0.311 e. The summed E-state index contributed by atoms with van der Waals surface area (Å²) in [6.45, 7) is 6.11. The Labute approximate surface area is 147 Å². The van der Waals surface area contributed by atoms with E-state index < -0.39 is 10.0 Å². The standard InChI is InChI=1S/C17H22N2O3S2/c1-5-19(15-9-8-13(2)11-14(15)3)16(20)12-18(4)24(21,22)17-7-6-10-23-17/h6-11H,5,12H2,1-4H3. The van der Waals surface area contributed by atoms with E-state index in [0.29, 0.717) is 6.54 Å². The Balaban J connectivity index is 2.20. The molecule has 0 fully saturated rings. The van der Waals surface area contributed by atoms with Crippen LogP contribution in [0.2, 0.25) is 0 Å². The van der Waals surface area contributed by atoms with Crippen LogP contribution in [0, 0.1) is 13.8 Å². The molecular formula is C17H22N2O3S2. The van der Waals surface area contributed by atoms with Gasteiger partial charge in [0.2, 0.25) is 5.91 Å². The van der Waals surface area contributed by atoms with Crippen LogP contribution in [0.15, 0.2) is 39.9 Å². The number of thiophene rings is 1. The molecule has 5 nitrogen and oxygen atoms in total. The van der Waals surface area contributed by atoms with Crippen LogP contribution in [0.5, 0.6) is 0 Å². The fraction of sp³-hybridized carbons (Fsp3) is 0.353. The second-order valence-electron chi connectivity index (χ2n) is 5.62. The van der Waals surface area contributed by atoms with Crippen LogP contribution in [0.1, 0.15) is 18.1 Å². The molecule has 1 heterocycles. The van der Waals surface area contributed by atoms with Crippen LogP contribution in [-0.2, 0) is 14.8 Å². The van der Waals surface area contributed by atoms with Crippen LogP contribution in [0.25, 0.3) is 0 Å². The number of likely N-dealkylation sites (N-methyl/N-ethyl adjacent to an activating group) is 2. The molecule has 2 aromatic rings. The molecule has 7 heteroatoms. The van der Waals surface area contributed by atoms with Crippen molar-refractivity contribution >= 4 is 33.0 Å². The highest BCUT2D eigenvalue weighted by Gasteiger charge is 2.26. The number of rotatable bonds is 6. The fourth-order valence-corrected chi connectivity index (χ4v) is 4.84. The van der Waals surface area contributed by atoms with E-state index in [1.165, 1.54) is 7.05 Å². The quantitative estimate of drug-likeness (QED) is 0.789. The van der Waals surface area contributed by atoms with Crippen molar-refractivity contribution in [3.05, 3.63) is 46.8 Å². The molecule has 0 radical (unpaired) electrons. The number of carbonyl (C=O) groups is 1. The molecule has 1 aromatic heterocycles. The van der Waals surface area contributed by atoms with Gasteiger partial charge in [0.1, 0.15) is 4.21 Å². The number of sulfonamides is 1. The molecule has 0 bridgehead atoms. The number of hydrogen-bond acceptors (Lipinski definition) is 4. The predicted octanol–water partition coefficient (Wildman–Crippen LogP) is 3.04. The Morgan fingerprint density at radius 2 is 1.92 bits per heavy atom. The zero-order valence-electron chi connectivity index (χ0n) is 14.3. The molecule has 0 spiro atoms. The maximum absolute atomic E-state index is 12.7. The van der Waals surface area contributed by atoms with Gasteiger partial charge in [0, 0.05) is 19.3 Å². The lowest BCUT2D eigenvalue weighted by Crippen LogP contribution is -2.41. The smallest absolute Gasteiger partial charge is 0.252 e. The van der Waals surface area contributed by atoms with Crippen molar-refractivity contribution in [2.24, 2.45) is 0 Å². The summed E-state index contributed by atoms with van der Waals surface area (Å²) < 4.78 is 26.3. The molecule has 0 aliphatic carbocycles. The number of carbonyl (C=O) groups excluding carboxylic acids is 1. The molecule has 0 aliphatic rings. The highest BCUT2D eigenvalue weighted by Crippen LogP contribution is 2.23. The Bertz CT molecular complexity index is 814. The normalized spacial score (nSPS) is 11.7. The number of anilines is 1. The Morgan fingerprint density at radius 3 is 2.46 bits per heavy atom. The Kier molecular flexibility index (Phi) is 5.79. The van der Waals surface area contributed by atoms with Crippen molar-refractivity contribution in [3.63, 3.8) is 0 Å². The van der Waals surface area contributed by atoms with Gasteiger partial charge in [-0.15, -0.1) is 11.3 Å². The third-order valence-corrected chi connectivity index (χ3v) is 6.95. The average Bonchev–Trinajstić information content (AvgIpc) is 3.05. The van der Waals surface area contributed by atoms with Gasteiger partial charge in [0.25, 0.3) is 10.0 Å². The van der Waals surface area contributed by atoms with Gasteiger partial charge in [-0.25, -0.2) is 8.42 Å². The number of hydrogen-bond donors (Lipinski definition) is 0. The summed E-state index contributed by atoms with van der Waals surface area (Å²) >= 11 is 1.15. The average molecular weight is 367 g/mol. The molecule has 0 aliphatic heterocycles. The van der Waals surface area contributed by atoms with Crippen LogP contribution < -0.4 is 4.90 Å². The summed E-state index contributed by atoms with van der Waals surface area (Å²) in [6.07, 6.45) is 0. The SMILES string of the molecule is CCN(C(=O)CN(C)S(=O)(=O)c1cccs1)c1ccc(C)cc1C. The lowest BCUT2D eigenvalue weighted by molar-refractivity contribution is -0.118. The van der Waals surface area contributed by atoms with Crippen LogP contribution in [-0.4, -0.2) is 38.8 Å². The van der Waals surface area contributed by atoms with Gasteiger partial charge < -0.3 is 4.90 Å². The summed E-state index contributed by atoms with van der Waals surface area (Å²) in [5, 5.41) is 1.70. The number of nitrogens with zero attached hydrogens (tertiary/aromatic N) is 2. The van der Waals surface area contributed by atoms with Crippen LogP contribution in [0.3, 0.4) is 0 Å². The van der Waals surface area contributed by atoms with Crippen molar-refractivity contribution in [3.8, 4) is 0 Å². The number of aryl methyl sites for hydroxylation is 2.